The molecule has 0 aliphatic heterocycles. The van der Waals surface area contributed by atoms with E-state index in [4.69, 9.17) is 27.9 Å². The van der Waals surface area contributed by atoms with Gasteiger partial charge in [-0.25, -0.2) is 4.39 Å². The largest absolute Gasteiger partial charge is 0.458 e. The maximum atomic E-state index is 13.1. The van der Waals surface area contributed by atoms with Crippen LogP contribution in [-0.4, -0.2) is 5.97 Å². The van der Waals surface area contributed by atoms with Gasteiger partial charge in [-0.1, -0.05) is 23.2 Å². The van der Waals surface area contributed by atoms with Crippen molar-refractivity contribution in [3.8, 4) is 0 Å². The third-order valence-electron chi connectivity index (χ3n) is 1.83. The topological polar surface area (TPSA) is 26.3 Å². The van der Waals surface area contributed by atoms with E-state index in [2.05, 4.69) is 0 Å². The Kier molecular flexibility index (Phi) is 3.94. The number of carbonyl (C=O) groups excluding carboxylic acids is 1. The van der Waals surface area contributed by atoms with Gasteiger partial charge in [-0.3, -0.25) is 4.79 Å². The summed E-state index contributed by atoms with van der Waals surface area (Å²) in [5.74, 6) is -1.06. The van der Waals surface area contributed by atoms with E-state index < -0.39 is 17.9 Å². The van der Waals surface area contributed by atoms with Crippen molar-refractivity contribution in [2.45, 2.75) is 20.0 Å². The van der Waals surface area contributed by atoms with Crippen LogP contribution in [0.2, 0.25) is 10.0 Å². The molecule has 82 valence electrons. The molecule has 0 saturated carbocycles. The van der Waals surface area contributed by atoms with Crippen LogP contribution in [0.5, 0.6) is 0 Å². The van der Waals surface area contributed by atoms with Crippen molar-refractivity contribution in [1.82, 2.24) is 0 Å². The number of hydrogen-bond acceptors (Lipinski definition) is 2. The van der Waals surface area contributed by atoms with Gasteiger partial charge in [-0.2, -0.15) is 0 Å². The van der Waals surface area contributed by atoms with E-state index in [1.165, 1.54) is 13.0 Å². The van der Waals surface area contributed by atoms with E-state index in [0.717, 1.165) is 6.07 Å². The van der Waals surface area contributed by atoms with Crippen LogP contribution >= 0.6 is 23.2 Å². The first-order valence-electron chi connectivity index (χ1n) is 4.24. The highest BCUT2D eigenvalue weighted by Crippen LogP contribution is 2.33. The zero-order chi connectivity index (χ0) is 11.6. The molecule has 15 heavy (non-hydrogen) atoms. The van der Waals surface area contributed by atoms with Gasteiger partial charge in [0.1, 0.15) is 11.9 Å². The Hall–Kier alpha value is -0.800. The standard InChI is InChI=1S/C10H9Cl2FO2/c1-5(15-6(2)14)9-7(11)3-4-8(13)10(9)12/h3-5H,1-2H3/t5-/m1/s1. The third kappa shape index (κ3) is 2.83. The average Bonchev–Trinajstić information content (AvgIpc) is 2.11. The van der Waals surface area contributed by atoms with Crippen molar-refractivity contribution in [1.29, 1.82) is 0 Å². The van der Waals surface area contributed by atoms with Gasteiger partial charge < -0.3 is 4.74 Å². The molecule has 1 aromatic carbocycles. The lowest BCUT2D eigenvalue weighted by molar-refractivity contribution is -0.145. The molecular formula is C10H9Cl2FO2. The first-order chi connectivity index (χ1) is 6.93. The average molecular weight is 251 g/mol. The summed E-state index contributed by atoms with van der Waals surface area (Å²) in [6.45, 7) is 2.84. The molecule has 0 aromatic heterocycles. The van der Waals surface area contributed by atoms with Crippen LogP contribution in [0.3, 0.4) is 0 Å². The minimum absolute atomic E-state index is 0.115. The second-order valence-corrected chi connectivity index (χ2v) is 3.79. The summed E-state index contributed by atoms with van der Waals surface area (Å²) in [6.07, 6.45) is -0.668. The Morgan fingerprint density at radius 1 is 1.47 bits per heavy atom. The molecule has 0 saturated heterocycles. The molecule has 5 heteroatoms. The number of esters is 1. The summed E-state index contributed by atoms with van der Waals surface area (Å²) in [7, 11) is 0. The fraction of sp³-hybridized carbons (Fsp3) is 0.300. The van der Waals surface area contributed by atoms with E-state index >= 15 is 0 Å². The summed E-state index contributed by atoms with van der Waals surface area (Å²) in [5.41, 5.74) is 0.286. The third-order valence-corrected chi connectivity index (χ3v) is 2.54. The normalized spacial score (nSPS) is 12.3. The Morgan fingerprint density at radius 3 is 2.60 bits per heavy atom. The van der Waals surface area contributed by atoms with Crippen molar-refractivity contribution in [3.63, 3.8) is 0 Å². The number of carbonyl (C=O) groups is 1. The molecular weight excluding hydrogens is 242 g/mol. The van der Waals surface area contributed by atoms with Crippen LogP contribution in [0.1, 0.15) is 25.5 Å². The highest BCUT2D eigenvalue weighted by molar-refractivity contribution is 6.36. The van der Waals surface area contributed by atoms with Gasteiger partial charge in [0.25, 0.3) is 0 Å². The Labute approximate surface area is 96.9 Å². The maximum Gasteiger partial charge on any atom is 0.303 e. The van der Waals surface area contributed by atoms with Gasteiger partial charge in [0.05, 0.1) is 5.02 Å². The zero-order valence-electron chi connectivity index (χ0n) is 8.18. The summed E-state index contributed by atoms with van der Waals surface area (Å²) in [5, 5.41) is 0.159. The van der Waals surface area contributed by atoms with Gasteiger partial charge in [0.15, 0.2) is 0 Å². The summed E-state index contributed by atoms with van der Waals surface area (Å²) in [6, 6.07) is 2.53. The molecule has 0 spiro atoms. The smallest absolute Gasteiger partial charge is 0.303 e. The lowest BCUT2D eigenvalue weighted by atomic mass is 10.1. The Bertz CT molecular complexity index is 393. The summed E-state index contributed by atoms with van der Waals surface area (Å²) in [4.78, 5) is 10.7. The van der Waals surface area contributed by atoms with E-state index in [1.54, 1.807) is 6.92 Å². The second kappa shape index (κ2) is 4.81. The number of hydrogen-bond donors (Lipinski definition) is 0. The number of halogens is 3. The van der Waals surface area contributed by atoms with E-state index in [0.29, 0.717) is 0 Å². The molecule has 0 fully saturated rings. The van der Waals surface area contributed by atoms with E-state index in [9.17, 15) is 9.18 Å². The van der Waals surface area contributed by atoms with Gasteiger partial charge >= 0.3 is 5.97 Å². The zero-order valence-corrected chi connectivity index (χ0v) is 9.69. The molecule has 1 aromatic rings. The van der Waals surface area contributed by atoms with Gasteiger partial charge in [-0.05, 0) is 19.1 Å². The molecule has 0 unspecified atom stereocenters. The van der Waals surface area contributed by atoms with Crippen LogP contribution < -0.4 is 0 Å². The lowest BCUT2D eigenvalue weighted by Gasteiger charge is -2.15. The van der Waals surface area contributed by atoms with Crippen LogP contribution in [0.4, 0.5) is 4.39 Å². The van der Waals surface area contributed by atoms with Crippen LogP contribution in [0, 0.1) is 5.82 Å². The molecule has 0 N–H and O–H groups in total. The molecule has 0 heterocycles. The first-order valence-corrected chi connectivity index (χ1v) is 4.99. The molecule has 0 aliphatic carbocycles. The van der Waals surface area contributed by atoms with Crippen LogP contribution in [0.25, 0.3) is 0 Å². The van der Waals surface area contributed by atoms with Crippen molar-refractivity contribution < 1.29 is 13.9 Å². The van der Waals surface area contributed by atoms with Crippen molar-refractivity contribution in [2.75, 3.05) is 0 Å². The van der Waals surface area contributed by atoms with Gasteiger partial charge in [0, 0.05) is 17.5 Å². The van der Waals surface area contributed by atoms with Crippen molar-refractivity contribution >= 4 is 29.2 Å². The number of benzene rings is 1. The van der Waals surface area contributed by atoms with Crippen molar-refractivity contribution in [3.05, 3.63) is 33.6 Å². The van der Waals surface area contributed by atoms with Crippen molar-refractivity contribution in [2.24, 2.45) is 0 Å². The predicted molar refractivity (Wildman–Crippen MR) is 56.6 cm³/mol. The van der Waals surface area contributed by atoms with Crippen LogP contribution in [-0.2, 0) is 9.53 Å². The monoisotopic (exact) mass is 250 g/mol. The first kappa shape index (κ1) is 12.3. The minimum atomic E-state index is -0.668. The van der Waals surface area contributed by atoms with E-state index in [1.807, 2.05) is 0 Å². The predicted octanol–water partition coefficient (Wildman–Crippen LogP) is 3.76. The lowest BCUT2D eigenvalue weighted by Crippen LogP contribution is -2.06. The highest BCUT2D eigenvalue weighted by atomic mass is 35.5. The second-order valence-electron chi connectivity index (χ2n) is 3.01. The summed E-state index contributed by atoms with van der Waals surface area (Å²) < 4.78 is 18.0. The Morgan fingerprint density at radius 2 is 2.07 bits per heavy atom. The fourth-order valence-electron chi connectivity index (χ4n) is 1.22. The quantitative estimate of drug-likeness (QED) is 0.590. The SMILES string of the molecule is CC(=O)O[C@H](C)c1c(Cl)ccc(F)c1Cl. The number of ether oxygens (including phenoxy) is 1. The van der Waals surface area contributed by atoms with Crippen LogP contribution in [0.15, 0.2) is 12.1 Å². The number of rotatable bonds is 2. The van der Waals surface area contributed by atoms with Gasteiger partial charge in [0.2, 0.25) is 0 Å². The molecule has 0 bridgehead atoms. The van der Waals surface area contributed by atoms with Gasteiger partial charge in [-0.15, -0.1) is 0 Å². The van der Waals surface area contributed by atoms with E-state index in [-0.39, 0.29) is 15.6 Å². The molecule has 2 nitrogen and oxygen atoms in total. The molecule has 1 atom stereocenters. The fourth-order valence-corrected chi connectivity index (χ4v) is 1.90. The maximum absolute atomic E-state index is 13.1. The molecule has 0 aliphatic rings. The highest BCUT2D eigenvalue weighted by Gasteiger charge is 2.18. The Balaban J connectivity index is 3.12. The molecule has 0 amide bonds. The molecule has 1 rings (SSSR count). The molecule has 0 radical (unpaired) electrons. The summed E-state index contributed by atoms with van der Waals surface area (Å²) >= 11 is 11.6. The minimum Gasteiger partial charge on any atom is -0.458 e.